The smallest absolute Gasteiger partial charge is 0.323 e. The first-order valence-corrected chi connectivity index (χ1v) is 5.90. The Labute approximate surface area is 101 Å². The van der Waals surface area contributed by atoms with Crippen LogP contribution < -0.4 is 10.2 Å². The highest BCUT2D eigenvalue weighted by atomic mass is 16.4. The third-order valence-corrected chi connectivity index (χ3v) is 3.01. The normalized spacial score (nSPS) is 14.8. The fourth-order valence-electron chi connectivity index (χ4n) is 2.44. The van der Waals surface area contributed by atoms with Gasteiger partial charge in [-0.05, 0) is 37.5 Å². The second-order valence-electron chi connectivity index (χ2n) is 4.57. The van der Waals surface area contributed by atoms with Crippen molar-refractivity contribution in [1.29, 1.82) is 0 Å². The van der Waals surface area contributed by atoms with E-state index in [-0.39, 0.29) is 6.54 Å². The number of anilines is 2. The molecule has 0 amide bonds. The Hall–Kier alpha value is -1.71. The standard InChI is InChI=1S/C13H18N2O2/c1-9-6-10(2)13-11(7-9)14-4-3-5-15(13)8-12(16)17/h6-7,14H,3-5,8H2,1-2H3,(H,16,17). The van der Waals surface area contributed by atoms with Crippen molar-refractivity contribution in [3.63, 3.8) is 0 Å². The molecule has 1 aliphatic heterocycles. The molecular weight excluding hydrogens is 216 g/mol. The maximum absolute atomic E-state index is 10.9. The molecule has 2 rings (SSSR count). The van der Waals surface area contributed by atoms with Gasteiger partial charge in [0.2, 0.25) is 0 Å². The van der Waals surface area contributed by atoms with E-state index in [1.54, 1.807) is 0 Å². The minimum absolute atomic E-state index is 0.0680. The van der Waals surface area contributed by atoms with Gasteiger partial charge in [-0.25, -0.2) is 0 Å². The Balaban J connectivity index is 2.43. The molecular formula is C13H18N2O2. The molecule has 4 nitrogen and oxygen atoms in total. The van der Waals surface area contributed by atoms with E-state index in [4.69, 9.17) is 5.11 Å². The van der Waals surface area contributed by atoms with Gasteiger partial charge in [-0.15, -0.1) is 0 Å². The summed E-state index contributed by atoms with van der Waals surface area (Å²) >= 11 is 0. The lowest BCUT2D eigenvalue weighted by atomic mass is 10.1. The molecule has 0 radical (unpaired) electrons. The maximum atomic E-state index is 10.9. The van der Waals surface area contributed by atoms with Crippen molar-refractivity contribution >= 4 is 17.3 Å². The van der Waals surface area contributed by atoms with Crippen LogP contribution in [-0.2, 0) is 4.79 Å². The van der Waals surface area contributed by atoms with Gasteiger partial charge in [0.25, 0.3) is 0 Å². The van der Waals surface area contributed by atoms with Crippen LogP contribution >= 0.6 is 0 Å². The summed E-state index contributed by atoms with van der Waals surface area (Å²) in [7, 11) is 0. The van der Waals surface area contributed by atoms with Crippen LogP contribution in [0.4, 0.5) is 11.4 Å². The number of carboxylic acid groups (broad SMARTS) is 1. The summed E-state index contributed by atoms with van der Waals surface area (Å²) in [6.07, 6.45) is 0.959. The predicted octanol–water partition coefficient (Wildman–Crippen LogP) is 2.01. The third-order valence-electron chi connectivity index (χ3n) is 3.01. The van der Waals surface area contributed by atoms with Gasteiger partial charge in [0.15, 0.2) is 0 Å². The molecule has 92 valence electrons. The van der Waals surface area contributed by atoms with Crippen LogP contribution in [0.5, 0.6) is 0 Å². The Morgan fingerprint density at radius 2 is 2.24 bits per heavy atom. The van der Waals surface area contributed by atoms with E-state index in [2.05, 4.69) is 24.4 Å². The van der Waals surface area contributed by atoms with E-state index in [9.17, 15) is 4.79 Å². The summed E-state index contributed by atoms with van der Waals surface area (Å²) in [6.45, 7) is 5.84. The largest absolute Gasteiger partial charge is 0.480 e. The predicted molar refractivity (Wildman–Crippen MR) is 68.9 cm³/mol. The summed E-state index contributed by atoms with van der Waals surface area (Å²) in [5, 5.41) is 12.3. The Bertz CT molecular complexity index is 443. The highest BCUT2D eigenvalue weighted by Gasteiger charge is 2.19. The van der Waals surface area contributed by atoms with Crippen molar-refractivity contribution in [2.75, 3.05) is 29.9 Å². The number of fused-ring (bicyclic) bond motifs is 1. The number of carboxylic acids is 1. The number of hydrogen-bond donors (Lipinski definition) is 2. The number of carbonyl (C=O) groups is 1. The highest BCUT2D eigenvalue weighted by Crippen LogP contribution is 2.33. The zero-order chi connectivity index (χ0) is 12.4. The van der Waals surface area contributed by atoms with E-state index < -0.39 is 5.97 Å². The van der Waals surface area contributed by atoms with E-state index in [1.165, 1.54) is 5.56 Å². The van der Waals surface area contributed by atoms with Crippen LogP contribution in [0.15, 0.2) is 12.1 Å². The van der Waals surface area contributed by atoms with Crippen LogP contribution in [0.25, 0.3) is 0 Å². The zero-order valence-corrected chi connectivity index (χ0v) is 10.3. The van der Waals surface area contributed by atoms with E-state index in [1.807, 2.05) is 11.8 Å². The van der Waals surface area contributed by atoms with E-state index in [0.29, 0.717) is 0 Å². The molecule has 2 N–H and O–H groups in total. The van der Waals surface area contributed by atoms with Gasteiger partial charge in [-0.3, -0.25) is 4.79 Å². The number of nitrogens with zero attached hydrogens (tertiary/aromatic N) is 1. The van der Waals surface area contributed by atoms with E-state index in [0.717, 1.165) is 36.4 Å². The van der Waals surface area contributed by atoms with Gasteiger partial charge in [0.1, 0.15) is 6.54 Å². The van der Waals surface area contributed by atoms with Crippen molar-refractivity contribution in [1.82, 2.24) is 0 Å². The second kappa shape index (κ2) is 4.65. The molecule has 4 heteroatoms. The SMILES string of the molecule is Cc1cc(C)c2c(c1)NCCCN2CC(=O)O. The van der Waals surface area contributed by atoms with Crippen molar-refractivity contribution in [2.24, 2.45) is 0 Å². The highest BCUT2D eigenvalue weighted by molar-refractivity contribution is 5.81. The van der Waals surface area contributed by atoms with Crippen molar-refractivity contribution < 1.29 is 9.90 Å². The lowest BCUT2D eigenvalue weighted by Crippen LogP contribution is -2.30. The molecule has 0 atom stereocenters. The molecule has 0 aliphatic carbocycles. The number of aliphatic carboxylic acids is 1. The van der Waals surface area contributed by atoms with Crippen LogP contribution in [0.3, 0.4) is 0 Å². The fraction of sp³-hybridized carbons (Fsp3) is 0.462. The van der Waals surface area contributed by atoms with Crippen molar-refractivity contribution in [2.45, 2.75) is 20.3 Å². The first-order chi connectivity index (χ1) is 8.08. The van der Waals surface area contributed by atoms with Gasteiger partial charge in [-0.2, -0.15) is 0 Å². The first-order valence-electron chi connectivity index (χ1n) is 5.90. The van der Waals surface area contributed by atoms with Crippen LogP contribution in [-0.4, -0.2) is 30.7 Å². The summed E-state index contributed by atoms with van der Waals surface area (Å²) in [4.78, 5) is 12.9. The number of benzene rings is 1. The molecule has 17 heavy (non-hydrogen) atoms. The lowest BCUT2D eigenvalue weighted by molar-refractivity contribution is -0.135. The van der Waals surface area contributed by atoms with Crippen molar-refractivity contribution in [3.05, 3.63) is 23.3 Å². The van der Waals surface area contributed by atoms with Gasteiger partial charge in [0.05, 0.1) is 11.4 Å². The monoisotopic (exact) mass is 234 g/mol. The lowest BCUT2D eigenvalue weighted by Gasteiger charge is -2.24. The molecule has 0 spiro atoms. The summed E-state index contributed by atoms with van der Waals surface area (Å²) in [5.74, 6) is -0.780. The van der Waals surface area contributed by atoms with E-state index >= 15 is 0 Å². The molecule has 0 saturated carbocycles. The first kappa shape index (κ1) is 11.8. The van der Waals surface area contributed by atoms with Gasteiger partial charge < -0.3 is 15.3 Å². The van der Waals surface area contributed by atoms with Crippen LogP contribution in [0.1, 0.15) is 17.5 Å². The van der Waals surface area contributed by atoms with Crippen LogP contribution in [0, 0.1) is 13.8 Å². The van der Waals surface area contributed by atoms with Gasteiger partial charge in [0, 0.05) is 13.1 Å². The summed E-state index contributed by atoms with van der Waals surface area (Å²) in [6, 6.07) is 4.18. The average Bonchev–Trinajstić information content (AvgIpc) is 2.39. The Kier molecular flexibility index (Phi) is 3.22. The van der Waals surface area contributed by atoms with Gasteiger partial charge >= 0.3 is 5.97 Å². The maximum Gasteiger partial charge on any atom is 0.323 e. The third kappa shape index (κ3) is 2.52. The average molecular weight is 234 g/mol. The quantitative estimate of drug-likeness (QED) is 0.822. The number of nitrogens with one attached hydrogen (secondary N) is 1. The number of hydrogen-bond acceptors (Lipinski definition) is 3. The molecule has 0 fully saturated rings. The summed E-state index contributed by atoms with van der Waals surface area (Å²) < 4.78 is 0. The minimum Gasteiger partial charge on any atom is -0.480 e. The molecule has 0 aromatic heterocycles. The molecule has 0 saturated heterocycles. The number of rotatable bonds is 2. The molecule has 1 heterocycles. The fourth-order valence-corrected chi connectivity index (χ4v) is 2.44. The molecule has 1 aromatic rings. The van der Waals surface area contributed by atoms with Crippen LogP contribution in [0.2, 0.25) is 0 Å². The second-order valence-corrected chi connectivity index (χ2v) is 4.57. The molecule has 1 aromatic carbocycles. The summed E-state index contributed by atoms with van der Waals surface area (Å²) in [5.41, 5.74) is 4.43. The van der Waals surface area contributed by atoms with Gasteiger partial charge in [-0.1, -0.05) is 6.07 Å². The molecule has 0 bridgehead atoms. The topological polar surface area (TPSA) is 52.6 Å². The zero-order valence-electron chi connectivity index (χ0n) is 10.3. The van der Waals surface area contributed by atoms with Crippen molar-refractivity contribution in [3.8, 4) is 0 Å². The number of aryl methyl sites for hydroxylation is 2. The Morgan fingerprint density at radius 3 is 2.94 bits per heavy atom. The molecule has 1 aliphatic rings. The Morgan fingerprint density at radius 1 is 1.47 bits per heavy atom. The molecule has 0 unspecified atom stereocenters. The minimum atomic E-state index is -0.780.